The van der Waals surface area contributed by atoms with Gasteiger partial charge in [-0.2, -0.15) is 0 Å². The lowest BCUT2D eigenvalue weighted by molar-refractivity contribution is 0.539. The second kappa shape index (κ2) is 5.87. The highest BCUT2D eigenvalue weighted by Gasteiger charge is 2.25. The Morgan fingerprint density at radius 1 is 1.38 bits per heavy atom. The first-order valence-corrected chi connectivity index (χ1v) is 8.22. The van der Waals surface area contributed by atoms with Crippen LogP contribution in [0.2, 0.25) is 0 Å². The number of nitrogens with zero attached hydrogens (tertiary/aromatic N) is 1. The zero-order chi connectivity index (χ0) is 15.6. The first-order chi connectivity index (χ1) is 9.86. The first kappa shape index (κ1) is 15.5. The fourth-order valence-electron chi connectivity index (χ4n) is 2.21. The van der Waals surface area contributed by atoms with E-state index in [1.54, 1.807) is 25.4 Å². The van der Waals surface area contributed by atoms with Crippen molar-refractivity contribution in [3.05, 3.63) is 41.5 Å². The standard InChI is InChI=1S/C14H20N4O2S/c1-4-12(14-16-7-8-17-14)18-21(19,20)13-10(3)9(2)5-6-11(13)15/h5-8,12,18H,4,15H2,1-3H3,(H,16,17). The van der Waals surface area contributed by atoms with Crippen LogP contribution in [0.4, 0.5) is 5.69 Å². The minimum absolute atomic E-state index is 0.146. The molecule has 0 spiro atoms. The van der Waals surface area contributed by atoms with Crippen molar-refractivity contribution in [1.82, 2.24) is 14.7 Å². The molecule has 0 radical (unpaired) electrons. The van der Waals surface area contributed by atoms with Gasteiger partial charge in [0.05, 0.1) is 11.7 Å². The number of nitrogens with one attached hydrogen (secondary N) is 2. The van der Waals surface area contributed by atoms with Gasteiger partial charge in [-0.25, -0.2) is 18.1 Å². The molecule has 0 aliphatic rings. The summed E-state index contributed by atoms with van der Waals surface area (Å²) in [5.74, 6) is 0.588. The average molecular weight is 308 g/mol. The third kappa shape index (κ3) is 3.08. The number of anilines is 1. The van der Waals surface area contributed by atoms with Gasteiger partial charge in [-0.05, 0) is 37.5 Å². The molecule has 4 N–H and O–H groups in total. The van der Waals surface area contributed by atoms with Crippen LogP contribution in [0.5, 0.6) is 0 Å². The Bertz CT molecular complexity index is 724. The van der Waals surface area contributed by atoms with Gasteiger partial charge in [-0.15, -0.1) is 0 Å². The van der Waals surface area contributed by atoms with Crippen LogP contribution in [-0.4, -0.2) is 18.4 Å². The Labute approximate surface area is 124 Å². The van der Waals surface area contributed by atoms with E-state index in [0.717, 1.165) is 5.56 Å². The average Bonchev–Trinajstić information content (AvgIpc) is 2.94. The SMILES string of the molecule is CCC(NS(=O)(=O)c1c(N)ccc(C)c1C)c1ncc[nH]1. The molecular formula is C14H20N4O2S. The number of imidazole rings is 1. The van der Waals surface area contributed by atoms with E-state index in [1.165, 1.54) is 0 Å². The summed E-state index contributed by atoms with van der Waals surface area (Å²) in [6.45, 7) is 5.51. The third-order valence-corrected chi connectivity index (χ3v) is 5.21. The fourth-order valence-corrected chi connectivity index (χ4v) is 3.93. The van der Waals surface area contributed by atoms with Crippen LogP contribution in [-0.2, 0) is 10.0 Å². The summed E-state index contributed by atoms with van der Waals surface area (Å²) in [7, 11) is -3.72. The Morgan fingerprint density at radius 2 is 2.10 bits per heavy atom. The Balaban J connectivity index is 2.41. The lowest BCUT2D eigenvalue weighted by atomic mass is 10.1. The molecule has 7 heteroatoms. The van der Waals surface area contributed by atoms with E-state index in [1.807, 2.05) is 19.9 Å². The van der Waals surface area contributed by atoms with Crippen molar-refractivity contribution < 1.29 is 8.42 Å². The van der Waals surface area contributed by atoms with Gasteiger partial charge in [0, 0.05) is 12.4 Å². The largest absolute Gasteiger partial charge is 0.398 e. The number of sulfonamides is 1. The summed E-state index contributed by atoms with van der Waals surface area (Å²) in [5.41, 5.74) is 7.67. The summed E-state index contributed by atoms with van der Waals surface area (Å²) in [6.07, 6.45) is 3.84. The molecule has 114 valence electrons. The third-order valence-electron chi connectivity index (χ3n) is 3.53. The highest BCUT2D eigenvalue weighted by Crippen LogP contribution is 2.27. The molecule has 0 bridgehead atoms. The molecule has 2 aromatic rings. The number of benzene rings is 1. The Hall–Kier alpha value is -1.86. The molecule has 1 aromatic heterocycles. The maximum atomic E-state index is 12.7. The van der Waals surface area contributed by atoms with E-state index < -0.39 is 16.1 Å². The van der Waals surface area contributed by atoms with Crippen LogP contribution < -0.4 is 10.5 Å². The van der Waals surface area contributed by atoms with Crippen molar-refractivity contribution in [2.45, 2.75) is 38.1 Å². The van der Waals surface area contributed by atoms with Crippen molar-refractivity contribution in [3.63, 3.8) is 0 Å². The zero-order valence-electron chi connectivity index (χ0n) is 12.3. The van der Waals surface area contributed by atoms with Crippen LogP contribution >= 0.6 is 0 Å². The zero-order valence-corrected chi connectivity index (χ0v) is 13.2. The van der Waals surface area contributed by atoms with Crippen molar-refractivity contribution >= 4 is 15.7 Å². The van der Waals surface area contributed by atoms with Crippen molar-refractivity contribution in [2.24, 2.45) is 0 Å². The first-order valence-electron chi connectivity index (χ1n) is 6.74. The fraction of sp³-hybridized carbons (Fsp3) is 0.357. The molecule has 1 heterocycles. The second-order valence-corrected chi connectivity index (χ2v) is 6.63. The van der Waals surface area contributed by atoms with Gasteiger partial charge in [0.15, 0.2) is 0 Å². The maximum absolute atomic E-state index is 12.7. The van der Waals surface area contributed by atoms with Crippen LogP contribution in [0.3, 0.4) is 0 Å². The molecule has 0 amide bonds. The lowest BCUT2D eigenvalue weighted by Crippen LogP contribution is -2.30. The summed E-state index contributed by atoms with van der Waals surface area (Å²) < 4.78 is 28.0. The number of hydrogen-bond donors (Lipinski definition) is 3. The number of aromatic amines is 1. The molecule has 1 aromatic carbocycles. The number of H-pyrrole nitrogens is 1. The summed E-state index contributed by atoms with van der Waals surface area (Å²) >= 11 is 0. The van der Waals surface area contributed by atoms with E-state index in [4.69, 9.17) is 5.73 Å². The number of hydrogen-bond acceptors (Lipinski definition) is 4. The van der Waals surface area contributed by atoms with Gasteiger partial charge in [-0.3, -0.25) is 0 Å². The lowest BCUT2D eigenvalue weighted by Gasteiger charge is -2.18. The van der Waals surface area contributed by atoms with Crippen LogP contribution in [0.1, 0.15) is 36.3 Å². The number of rotatable bonds is 5. The predicted molar refractivity (Wildman–Crippen MR) is 82.3 cm³/mol. The summed E-state index contributed by atoms with van der Waals surface area (Å²) in [4.78, 5) is 7.19. The van der Waals surface area contributed by atoms with Crippen LogP contribution in [0, 0.1) is 13.8 Å². The van der Waals surface area contributed by atoms with Gasteiger partial charge in [-0.1, -0.05) is 13.0 Å². The second-order valence-electron chi connectivity index (χ2n) is 4.98. The normalized spacial score (nSPS) is 13.3. The summed E-state index contributed by atoms with van der Waals surface area (Å²) in [6, 6.07) is 3.02. The van der Waals surface area contributed by atoms with Crippen LogP contribution in [0.25, 0.3) is 0 Å². The highest BCUT2D eigenvalue weighted by atomic mass is 32.2. The topological polar surface area (TPSA) is 101 Å². The number of aryl methyl sites for hydroxylation is 1. The predicted octanol–water partition coefficient (Wildman–Crippen LogP) is 2.04. The van der Waals surface area contributed by atoms with Crippen molar-refractivity contribution in [3.8, 4) is 0 Å². The Kier molecular flexibility index (Phi) is 4.34. The monoisotopic (exact) mass is 308 g/mol. The minimum atomic E-state index is -3.72. The number of nitrogens with two attached hydrogens (primary N) is 1. The van der Waals surface area contributed by atoms with Gasteiger partial charge in [0.25, 0.3) is 0 Å². The molecule has 0 saturated heterocycles. The molecule has 6 nitrogen and oxygen atoms in total. The molecule has 0 aliphatic carbocycles. The smallest absolute Gasteiger partial charge is 0.243 e. The summed E-state index contributed by atoms with van der Waals surface area (Å²) in [5, 5.41) is 0. The van der Waals surface area contributed by atoms with E-state index in [0.29, 0.717) is 17.8 Å². The minimum Gasteiger partial charge on any atom is -0.398 e. The van der Waals surface area contributed by atoms with Crippen LogP contribution in [0.15, 0.2) is 29.4 Å². The molecule has 0 fully saturated rings. The molecule has 21 heavy (non-hydrogen) atoms. The quantitative estimate of drug-likeness (QED) is 0.736. The van der Waals surface area contributed by atoms with E-state index in [2.05, 4.69) is 14.7 Å². The van der Waals surface area contributed by atoms with E-state index in [9.17, 15) is 8.42 Å². The van der Waals surface area contributed by atoms with Gasteiger partial charge in [0.1, 0.15) is 10.7 Å². The molecule has 2 rings (SSSR count). The Morgan fingerprint density at radius 3 is 2.67 bits per heavy atom. The molecular weight excluding hydrogens is 288 g/mol. The van der Waals surface area contributed by atoms with E-state index in [-0.39, 0.29) is 10.6 Å². The molecule has 1 atom stereocenters. The number of aromatic nitrogens is 2. The number of nitrogen functional groups attached to an aromatic ring is 1. The van der Waals surface area contributed by atoms with Gasteiger partial charge >= 0.3 is 0 Å². The van der Waals surface area contributed by atoms with Crippen molar-refractivity contribution in [2.75, 3.05) is 5.73 Å². The molecule has 0 saturated carbocycles. The van der Waals surface area contributed by atoms with E-state index >= 15 is 0 Å². The maximum Gasteiger partial charge on any atom is 0.243 e. The molecule has 0 aliphatic heterocycles. The van der Waals surface area contributed by atoms with Gasteiger partial charge < -0.3 is 10.7 Å². The highest BCUT2D eigenvalue weighted by molar-refractivity contribution is 7.89. The molecule has 1 unspecified atom stereocenters. The van der Waals surface area contributed by atoms with Crippen molar-refractivity contribution in [1.29, 1.82) is 0 Å². The van der Waals surface area contributed by atoms with Gasteiger partial charge in [0.2, 0.25) is 10.0 Å².